The van der Waals surface area contributed by atoms with Crippen molar-refractivity contribution >= 4 is 12.0 Å². The molecule has 0 heterocycles. The highest BCUT2D eigenvalue weighted by molar-refractivity contribution is 5.74. The molecule has 1 aromatic carbocycles. The first kappa shape index (κ1) is 12.1. The lowest BCUT2D eigenvalue weighted by atomic mass is 10.2. The molecule has 0 saturated heterocycles. The number of aliphatic carboxylic acids is 1. The van der Waals surface area contributed by atoms with E-state index in [4.69, 9.17) is 9.84 Å². The minimum absolute atomic E-state index is 0.139. The molecule has 0 aliphatic carbocycles. The van der Waals surface area contributed by atoms with Crippen LogP contribution in [0.5, 0.6) is 0 Å². The number of carbonyl (C=O) groups is 1. The number of rotatable bonds is 6. The highest BCUT2D eigenvalue weighted by atomic mass is 16.5. The van der Waals surface area contributed by atoms with Crippen molar-refractivity contribution < 1.29 is 19.4 Å². The molecule has 0 aromatic heterocycles. The zero-order chi connectivity index (χ0) is 11.8. The number of aliphatic imine (C=N–C) groups is 1. The Morgan fingerprint density at radius 1 is 1.44 bits per heavy atom. The van der Waals surface area contributed by atoms with Crippen LogP contribution in [0.2, 0.25) is 0 Å². The van der Waals surface area contributed by atoms with E-state index in [1.165, 1.54) is 6.08 Å². The van der Waals surface area contributed by atoms with E-state index in [9.17, 15) is 9.59 Å². The maximum Gasteiger partial charge on any atom is 0.331 e. The highest BCUT2D eigenvalue weighted by Crippen LogP contribution is 2.02. The van der Waals surface area contributed by atoms with Gasteiger partial charge >= 0.3 is 5.97 Å². The summed E-state index contributed by atoms with van der Waals surface area (Å²) in [6.45, 7) is 0.151. The zero-order valence-electron chi connectivity index (χ0n) is 8.50. The summed E-state index contributed by atoms with van der Waals surface area (Å²) < 4.78 is 5.14. The molecule has 16 heavy (non-hydrogen) atoms. The van der Waals surface area contributed by atoms with Crippen LogP contribution >= 0.6 is 0 Å². The van der Waals surface area contributed by atoms with Gasteiger partial charge in [-0.2, -0.15) is 4.99 Å². The first-order chi connectivity index (χ1) is 7.74. The molecule has 84 valence electrons. The molecule has 5 heteroatoms. The number of ether oxygens (including phenoxy) is 1. The third kappa shape index (κ3) is 4.04. The lowest BCUT2D eigenvalue weighted by Gasteiger charge is -2.06. The van der Waals surface area contributed by atoms with E-state index in [2.05, 4.69) is 4.99 Å². The van der Waals surface area contributed by atoms with E-state index in [0.29, 0.717) is 6.61 Å². The number of isocyanates is 1. The van der Waals surface area contributed by atoms with Crippen molar-refractivity contribution in [1.82, 2.24) is 0 Å². The average molecular weight is 221 g/mol. The number of carboxylic acids is 1. The van der Waals surface area contributed by atoms with Crippen LogP contribution in [0.25, 0.3) is 0 Å². The van der Waals surface area contributed by atoms with Crippen molar-refractivity contribution in [3.05, 3.63) is 35.9 Å². The predicted octanol–water partition coefficient (Wildman–Crippen LogP) is 0.992. The normalized spacial score (nSPS) is 11.5. The Morgan fingerprint density at radius 3 is 2.69 bits per heavy atom. The summed E-state index contributed by atoms with van der Waals surface area (Å²) in [5, 5.41) is 8.65. The zero-order valence-corrected chi connectivity index (χ0v) is 8.50. The fourth-order valence-corrected chi connectivity index (χ4v) is 1.09. The van der Waals surface area contributed by atoms with Gasteiger partial charge in [0.15, 0.2) is 6.04 Å². The van der Waals surface area contributed by atoms with Crippen LogP contribution in [0.15, 0.2) is 35.3 Å². The van der Waals surface area contributed by atoms with Gasteiger partial charge in [-0.05, 0) is 5.56 Å². The molecule has 1 N–H and O–H groups in total. The highest BCUT2D eigenvalue weighted by Gasteiger charge is 2.15. The summed E-state index contributed by atoms with van der Waals surface area (Å²) in [5.74, 6) is -1.20. The van der Waals surface area contributed by atoms with Crippen LogP contribution in [0.3, 0.4) is 0 Å². The quantitative estimate of drug-likeness (QED) is 0.574. The lowest BCUT2D eigenvalue weighted by molar-refractivity contribution is -0.140. The Labute approximate surface area is 92.4 Å². The van der Waals surface area contributed by atoms with Crippen LogP contribution in [-0.4, -0.2) is 29.8 Å². The third-order valence-electron chi connectivity index (χ3n) is 1.88. The van der Waals surface area contributed by atoms with Crippen molar-refractivity contribution in [2.24, 2.45) is 4.99 Å². The van der Waals surface area contributed by atoms with E-state index in [1.807, 2.05) is 30.3 Å². The number of carbonyl (C=O) groups excluding carboxylic acids is 1. The first-order valence-electron chi connectivity index (χ1n) is 4.65. The minimum atomic E-state index is -1.20. The van der Waals surface area contributed by atoms with Gasteiger partial charge in [0.25, 0.3) is 0 Å². The molecular weight excluding hydrogens is 210 g/mol. The van der Waals surface area contributed by atoms with Gasteiger partial charge in [0, 0.05) is 0 Å². The van der Waals surface area contributed by atoms with Gasteiger partial charge in [-0.1, -0.05) is 30.3 Å². The fourth-order valence-electron chi connectivity index (χ4n) is 1.09. The molecule has 0 aliphatic rings. The first-order valence-corrected chi connectivity index (χ1v) is 4.65. The van der Waals surface area contributed by atoms with Gasteiger partial charge in [0.1, 0.15) is 0 Å². The van der Waals surface area contributed by atoms with Crippen LogP contribution in [0, 0.1) is 0 Å². The largest absolute Gasteiger partial charge is 0.480 e. The molecule has 0 fully saturated rings. The molecule has 1 unspecified atom stereocenters. The summed E-state index contributed by atoms with van der Waals surface area (Å²) in [6.07, 6.45) is 1.21. The standard InChI is InChI=1S/C11H11NO4/c13-8-12-10(11(14)15)7-16-6-9-4-2-1-3-5-9/h1-5,10H,6-7H2,(H,14,15). The third-order valence-corrected chi connectivity index (χ3v) is 1.88. The second kappa shape index (κ2) is 6.50. The van der Waals surface area contributed by atoms with Crippen LogP contribution < -0.4 is 0 Å². The monoisotopic (exact) mass is 221 g/mol. The Bertz CT molecular complexity index is 382. The van der Waals surface area contributed by atoms with E-state index in [-0.39, 0.29) is 6.61 Å². The van der Waals surface area contributed by atoms with Crippen LogP contribution in [0.4, 0.5) is 0 Å². The predicted molar refractivity (Wildman–Crippen MR) is 55.6 cm³/mol. The second-order valence-electron chi connectivity index (χ2n) is 3.08. The smallest absolute Gasteiger partial charge is 0.331 e. The lowest BCUT2D eigenvalue weighted by Crippen LogP contribution is -2.23. The Balaban J connectivity index is 2.39. The summed E-state index contributed by atoms with van der Waals surface area (Å²) in [6, 6.07) is 8.13. The molecule has 1 atom stereocenters. The van der Waals surface area contributed by atoms with Crippen molar-refractivity contribution in [3.8, 4) is 0 Å². The molecule has 0 radical (unpaired) electrons. The molecule has 5 nitrogen and oxygen atoms in total. The molecule has 0 bridgehead atoms. The molecule has 0 saturated carbocycles. The van der Waals surface area contributed by atoms with E-state index < -0.39 is 12.0 Å². The molecule has 1 rings (SSSR count). The molecular formula is C11H11NO4. The van der Waals surface area contributed by atoms with E-state index in [0.717, 1.165) is 5.56 Å². The summed E-state index contributed by atoms with van der Waals surface area (Å²) in [5.41, 5.74) is 0.932. The second-order valence-corrected chi connectivity index (χ2v) is 3.08. The molecule has 1 aromatic rings. The Morgan fingerprint density at radius 2 is 2.12 bits per heavy atom. The van der Waals surface area contributed by atoms with Gasteiger partial charge in [-0.3, -0.25) is 0 Å². The Hall–Kier alpha value is -1.97. The average Bonchev–Trinajstić information content (AvgIpc) is 2.29. The van der Waals surface area contributed by atoms with Crippen molar-refractivity contribution in [3.63, 3.8) is 0 Å². The number of nitrogens with zero attached hydrogens (tertiary/aromatic N) is 1. The van der Waals surface area contributed by atoms with Gasteiger partial charge in [0.05, 0.1) is 13.2 Å². The van der Waals surface area contributed by atoms with Crippen molar-refractivity contribution in [1.29, 1.82) is 0 Å². The SMILES string of the molecule is O=C=NC(COCc1ccccc1)C(=O)O. The molecule has 0 aliphatic heterocycles. The number of hydrogen-bond acceptors (Lipinski definition) is 4. The number of carboxylic acid groups (broad SMARTS) is 1. The van der Waals surface area contributed by atoms with Crippen molar-refractivity contribution in [2.75, 3.05) is 6.61 Å². The fraction of sp³-hybridized carbons (Fsp3) is 0.273. The Kier molecular flexibility index (Phi) is 4.92. The topological polar surface area (TPSA) is 76.0 Å². The van der Waals surface area contributed by atoms with Gasteiger partial charge in [-0.25, -0.2) is 9.59 Å². The van der Waals surface area contributed by atoms with Crippen LogP contribution in [-0.2, 0) is 20.9 Å². The summed E-state index contributed by atoms with van der Waals surface area (Å²) in [7, 11) is 0. The molecule has 0 spiro atoms. The van der Waals surface area contributed by atoms with Crippen LogP contribution in [0.1, 0.15) is 5.56 Å². The van der Waals surface area contributed by atoms with Gasteiger partial charge < -0.3 is 9.84 Å². The number of benzene rings is 1. The molecule has 0 amide bonds. The summed E-state index contributed by atoms with van der Waals surface area (Å²) in [4.78, 5) is 23.6. The maximum absolute atomic E-state index is 10.6. The van der Waals surface area contributed by atoms with E-state index in [1.54, 1.807) is 0 Å². The number of hydrogen-bond donors (Lipinski definition) is 1. The van der Waals surface area contributed by atoms with Gasteiger partial charge in [0.2, 0.25) is 6.08 Å². The maximum atomic E-state index is 10.6. The minimum Gasteiger partial charge on any atom is -0.480 e. The van der Waals surface area contributed by atoms with Crippen molar-refractivity contribution in [2.45, 2.75) is 12.6 Å². The van der Waals surface area contributed by atoms with Gasteiger partial charge in [-0.15, -0.1) is 0 Å². The summed E-state index contributed by atoms with van der Waals surface area (Å²) >= 11 is 0. The van der Waals surface area contributed by atoms with E-state index >= 15 is 0 Å².